The second kappa shape index (κ2) is 6.54. The van der Waals surface area contributed by atoms with Crippen LogP contribution in [0.15, 0.2) is 42.7 Å². The molecule has 0 saturated heterocycles. The van der Waals surface area contributed by atoms with E-state index in [0.29, 0.717) is 11.6 Å². The second-order valence-corrected chi connectivity index (χ2v) is 5.43. The smallest absolute Gasteiger partial charge is 0.364 e. The molecule has 0 saturated carbocycles. The van der Waals surface area contributed by atoms with Crippen LogP contribution in [0.25, 0.3) is 5.82 Å². The van der Waals surface area contributed by atoms with Gasteiger partial charge >= 0.3 is 6.18 Å². The van der Waals surface area contributed by atoms with Crippen molar-refractivity contribution in [2.24, 2.45) is 5.73 Å². The van der Waals surface area contributed by atoms with Gasteiger partial charge in [0.15, 0.2) is 11.5 Å². The highest BCUT2D eigenvalue weighted by atomic mass is 19.4. The van der Waals surface area contributed by atoms with Crippen LogP contribution in [0.1, 0.15) is 27.2 Å². The predicted octanol–water partition coefficient (Wildman–Crippen LogP) is 2.51. The molecule has 0 fully saturated rings. The molecule has 0 aliphatic rings. The van der Waals surface area contributed by atoms with Crippen molar-refractivity contribution < 1.29 is 22.4 Å². The van der Waals surface area contributed by atoms with Gasteiger partial charge in [0.1, 0.15) is 5.82 Å². The van der Waals surface area contributed by atoms with Crippen molar-refractivity contribution in [3.8, 4) is 5.82 Å². The van der Waals surface area contributed by atoms with Crippen molar-refractivity contribution in [2.75, 3.05) is 0 Å². The Hall–Kier alpha value is -3.30. The number of hydrogen-bond donors (Lipinski definition) is 1. The van der Waals surface area contributed by atoms with Crippen molar-refractivity contribution >= 4 is 5.91 Å². The lowest BCUT2D eigenvalue weighted by Crippen LogP contribution is -2.12. The molecule has 0 aliphatic heterocycles. The lowest BCUT2D eigenvalue weighted by atomic mass is 10.0. The number of halogens is 4. The van der Waals surface area contributed by atoms with Crippen molar-refractivity contribution in [3.63, 3.8) is 0 Å². The SMILES string of the molecule is NC(=O)c1cnn(-c2cc(Cc3cc(F)cc(C(F)(F)F)c3)ccn2)n1. The summed E-state index contributed by atoms with van der Waals surface area (Å²) in [4.78, 5) is 16.2. The molecule has 1 amide bonds. The Morgan fingerprint density at radius 1 is 1.15 bits per heavy atom. The number of carbonyl (C=O) groups excluding carboxylic acids is 1. The first-order chi connectivity index (χ1) is 12.2. The Bertz CT molecular complexity index is 967. The molecule has 134 valence electrons. The number of nitrogens with two attached hydrogens (primary N) is 1. The zero-order valence-electron chi connectivity index (χ0n) is 13.0. The third kappa shape index (κ3) is 3.85. The largest absolute Gasteiger partial charge is 0.416 e. The highest BCUT2D eigenvalue weighted by Gasteiger charge is 2.31. The molecule has 2 N–H and O–H groups in total. The third-order valence-corrected chi connectivity index (χ3v) is 3.45. The van der Waals surface area contributed by atoms with E-state index in [9.17, 15) is 22.4 Å². The second-order valence-electron chi connectivity index (χ2n) is 5.43. The van der Waals surface area contributed by atoms with Crippen LogP contribution in [0.4, 0.5) is 17.6 Å². The maximum absolute atomic E-state index is 13.5. The number of primary amides is 1. The van der Waals surface area contributed by atoms with Crippen molar-refractivity contribution in [3.05, 3.63) is 70.9 Å². The Morgan fingerprint density at radius 2 is 1.92 bits per heavy atom. The lowest BCUT2D eigenvalue weighted by molar-refractivity contribution is -0.137. The van der Waals surface area contributed by atoms with E-state index in [-0.39, 0.29) is 23.5 Å². The van der Waals surface area contributed by atoms with Crippen LogP contribution in [-0.2, 0) is 12.6 Å². The summed E-state index contributed by atoms with van der Waals surface area (Å²) >= 11 is 0. The van der Waals surface area contributed by atoms with Gasteiger partial charge in [0.25, 0.3) is 5.91 Å². The quantitative estimate of drug-likeness (QED) is 0.720. The zero-order chi connectivity index (χ0) is 18.9. The molecule has 1 aromatic carbocycles. The first-order valence-corrected chi connectivity index (χ1v) is 7.26. The number of alkyl halides is 3. The molecule has 2 aromatic heterocycles. The van der Waals surface area contributed by atoms with Crippen LogP contribution in [0.2, 0.25) is 0 Å². The van der Waals surface area contributed by atoms with Gasteiger partial charge in [0, 0.05) is 6.20 Å². The van der Waals surface area contributed by atoms with Gasteiger partial charge in [0.05, 0.1) is 11.8 Å². The van der Waals surface area contributed by atoms with E-state index in [1.807, 2.05) is 0 Å². The number of rotatable bonds is 4. The van der Waals surface area contributed by atoms with Gasteiger partial charge in [-0.15, -0.1) is 9.90 Å². The van der Waals surface area contributed by atoms with Crippen molar-refractivity contribution in [1.29, 1.82) is 0 Å². The van der Waals surface area contributed by atoms with Gasteiger partial charge in [-0.2, -0.15) is 18.3 Å². The number of nitrogens with zero attached hydrogens (tertiary/aromatic N) is 4. The van der Waals surface area contributed by atoms with E-state index in [1.54, 1.807) is 6.07 Å². The molecule has 2 heterocycles. The Labute approximate surface area is 144 Å². The molecule has 0 radical (unpaired) electrons. The molecule has 26 heavy (non-hydrogen) atoms. The summed E-state index contributed by atoms with van der Waals surface area (Å²) in [7, 11) is 0. The summed E-state index contributed by atoms with van der Waals surface area (Å²) in [5, 5.41) is 7.70. The van der Waals surface area contributed by atoms with Crippen LogP contribution in [0.3, 0.4) is 0 Å². The average molecular weight is 365 g/mol. The topological polar surface area (TPSA) is 86.7 Å². The Balaban J connectivity index is 1.89. The zero-order valence-corrected chi connectivity index (χ0v) is 13.0. The molecular formula is C16H11F4N5O. The van der Waals surface area contributed by atoms with Crippen LogP contribution in [-0.4, -0.2) is 25.9 Å². The number of amides is 1. The summed E-state index contributed by atoms with van der Waals surface area (Å²) in [6.45, 7) is 0. The molecule has 0 bridgehead atoms. The van der Waals surface area contributed by atoms with Gasteiger partial charge in [0.2, 0.25) is 0 Å². The number of hydrogen-bond acceptors (Lipinski definition) is 4. The van der Waals surface area contributed by atoms with Crippen molar-refractivity contribution in [1.82, 2.24) is 20.0 Å². The summed E-state index contributed by atoms with van der Waals surface area (Å²) in [6, 6.07) is 5.46. The molecule has 0 spiro atoms. The molecule has 3 rings (SSSR count). The lowest BCUT2D eigenvalue weighted by Gasteiger charge is -2.10. The van der Waals surface area contributed by atoms with E-state index in [1.165, 1.54) is 18.5 Å². The third-order valence-electron chi connectivity index (χ3n) is 3.45. The minimum atomic E-state index is -4.63. The molecule has 3 aromatic rings. The van der Waals surface area contributed by atoms with Crippen LogP contribution < -0.4 is 5.73 Å². The fourth-order valence-electron chi connectivity index (χ4n) is 2.32. The number of benzene rings is 1. The highest BCUT2D eigenvalue weighted by Crippen LogP contribution is 2.31. The van der Waals surface area contributed by atoms with Crippen LogP contribution in [0, 0.1) is 5.82 Å². The molecule has 10 heteroatoms. The van der Waals surface area contributed by atoms with Gasteiger partial charge in [-0.05, 0) is 47.9 Å². The van der Waals surface area contributed by atoms with Gasteiger partial charge in [-0.1, -0.05) is 0 Å². The Morgan fingerprint density at radius 3 is 2.58 bits per heavy atom. The summed E-state index contributed by atoms with van der Waals surface area (Å²) in [5.74, 6) is -1.49. The molecule has 0 aliphatic carbocycles. The Kier molecular flexibility index (Phi) is 4.41. The number of carbonyl (C=O) groups is 1. The summed E-state index contributed by atoms with van der Waals surface area (Å²) < 4.78 is 51.9. The minimum absolute atomic E-state index is 0.0420. The molecular weight excluding hydrogens is 354 g/mol. The highest BCUT2D eigenvalue weighted by molar-refractivity contribution is 5.90. The summed E-state index contributed by atoms with van der Waals surface area (Å²) in [6.07, 6.45) is -2.02. The summed E-state index contributed by atoms with van der Waals surface area (Å²) in [5.41, 5.74) is 4.70. The standard InChI is InChI=1S/C16H11F4N5O/c17-12-5-10(4-11(7-12)16(18,19)20)3-9-1-2-22-14(6-9)25-23-8-13(24-25)15(21)26/h1-2,4-8H,3H2,(H2,21,26). The van der Waals surface area contributed by atoms with E-state index in [0.717, 1.165) is 16.9 Å². The van der Waals surface area contributed by atoms with Crippen LogP contribution in [0.5, 0.6) is 0 Å². The van der Waals surface area contributed by atoms with Crippen molar-refractivity contribution in [2.45, 2.75) is 12.6 Å². The van der Waals surface area contributed by atoms with Gasteiger partial charge in [-0.3, -0.25) is 4.79 Å². The van der Waals surface area contributed by atoms with E-state index >= 15 is 0 Å². The first-order valence-electron chi connectivity index (χ1n) is 7.26. The minimum Gasteiger partial charge on any atom is -0.364 e. The maximum atomic E-state index is 13.5. The van der Waals surface area contributed by atoms with E-state index in [4.69, 9.17) is 5.73 Å². The van der Waals surface area contributed by atoms with E-state index < -0.39 is 23.5 Å². The van der Waals surface area contributed by atoms with E-state index in [2.05, 4.69) is 15.2 Å². The van der Waals surface area contributed by atoms with Gasteiger partial charge in [-0.25, -0.2) is 9.37 Å². The predicted molar refractivity (Wildman–Crippen MR) is 81.9 cm³/mol. The maximum Gasteiger partial charge on any atom is 0.416 e. The van der Waals surface area contributed by atoms with Gasteiger partial charge < -0.3 is 5.73 Å². The van der Waals surface area contributed by atoms with Crippen LogP contribution >= 0.6 is 0 Å². The first kappa shape index (κ1) is 17.5. The normalized spacial score (nSPS) is 11.5. The fraction of sp³-hybridized carbons (Fsp3) is 0.125. The fourth-order valence-corrected chi connectivity index (χ4v) is 2.32. The molecule has 0 atom stereocenters. The molecule has 0 unspecified atom stereocenters. The number of aromatic nitrogens is 4. The number of pyridine rings is 1. The monoisotopic (exact) mass is 365 g/mol. The average Bonchev–Trinajstić information content (AvgIpc) is 3.04. The molecule has 6 nitrogen and oxygen atoms in total.